The van der Waals surface area contributed by atoms with Gasteiger partial charge in [-0.3, -0.25) is 0 Å². The molecule has 0 aliphatic carbocycles. The van der Waals surface area contributed by atoms with Crippen molar-refractivity contribution in [3.63, 3.8) is 0 Å². The third kappa shape index (κ3) is 7.63. The Morgan fingerprint density at radius 3 is 1.28 bits per heavy atom. The van der Waals surface area contributed by atoms with Crippen molar-refractivity contribution in [3.05, 3.63) is 285 Å². The molecule has 0 saturated heterocycles. The SMILES string of the molecule is c1ccc(Sc2ccc3cc4oc5c6c7c(cc5c4cc3c2)[Se]c2cc3c(cc2B7c2ccccc2N6c2ccccc2)B2c4ccccc4N(c4ccccc4)c4c2c(cc2c4oc4cc5ccc(Sc6ccccc6)cc5cc42)N3c2ccccc2)cc1. The van der Waals surface area contributed by atoms with Crippen molar-refractivity contribution >= 4 is 210 Å². The Kier molecular flexibility index (Phi) is 11.2. The van der Waals surface area contributed by atoms with Crippen molar-refractivity contribution in [3.8, 4) is 0 Å². The van der Waals surface area contributed by atoms with E-state index in [9.17, 15) is 0 Å². The van der Waals surface area contributed by atoms with Crippen molar-refractivity contribution in [1.82, 2.24) is 0 Å². The predicted molar refractivity (Wildman–Crippen MR) is 382 cm³/mol. The Hall–Kier alpha value is -10.1. The quantitative estimate of drug-likeness (QED) is 0.147. The average Bonchev–Trinajstić information content (AvgIpc) is 1.09. The molecule has 20 rings (SSSR count). The number of para-hydroxylation sites is 5. The van der Waals surface area contributed by atoms with Crippen LogP contribution in [0.3, 0.4) is 0 Å². The van der Waals surface area contributed by atoms with Gasteiger partial charge in [0.05, 0.1) is 0 Å². The second-order valence-corrected chi connectivity index (χ2v) is 28.4. The molecule has 16 aromatic rings. The number of hydrogen-bond donors (Lipinski definition) is 0. The maximum atomic E-state index is 7.45. The summed E-state index contributed by atoms with van der Waals surface area (Å²) < 4.78 is 17.6. The summed E-state index contributed by atoms with van der Waals surface area (Å²) in [4.78, 5) is 12.4. The standard InChI is InChI=1S/C80H47B2N3O2S2Se/c1-6-20-52(21-7-1)83-69-47-73-66(82-64-31-17-19-33-68(64)85(54-24-10-3-11-25-54)78-76(82)74(90-73)45-62-60-41-51-39-58(89-56-28-14-5-15-29-56)37-35-49(51)43-72(60)87-80(62)78)46-65(69)81-63-30-16-18-32-67(63)84(53-22-8-2-9-23-53)77-75(81)70(83)44-61-59-40-50-38-57(88-55-26-12-4-13-27-55)36-34-48(50)42-71(59)86-79(61)77/h1-47H. The summed E-state index contributed by atoms with van der Waals surface area (Å²) in [5.41, 5.74) is 21.5. The molecule has 0 amide bonds. The van der Waals surface area contributed by atoms with Gasteiger partial charge in [0.1, 0.15) is 0 Å². The molecule has 0 unspecified atom stereocenters. The summed E-state index contributed by atoms with van der Waals surface area (Å²) in [6, 6.07) is 106. The van der Waals surface area contributed by atoms with Crippen LogP contribution in [-0.2, 0) is 0 Å². The number of hydrogen-bond acceptors (Lipinski definition) is 7. The summed E-state index contributed by atoms with van der Waals surface area (Å²) in [6.45, 7) is -0.229. The number of fused-ring (bicyclic) bond motifs is 18. The topological polar surface area (TPSA) is 36.0 Å². The number of rotatable bonds is 7. The number of nitrogens with zero attached hydrogens (tertiary/aromatic N) is 3. The van der Waals surface area contributed by atoms with Gasteiger partial charge in [-0.05, 0) is 18.2 Å². The Morgan fingerprint density at radius 1 is 0.289 bits per heavy atom. The zero-order chi connectivity index (χ0) is 58.7. The Balaban J connectivity index is 0.846. The van der Waals surface area contributed by atoms with Crippen LogP contribution in [0.5, 0.6) is 0 Å². The fourth-order valence-electron chi connectivity index (χ4n) is 15.1. The fourth-order valence-corrected chi connectivity index (χ4v) is 19.4. The predicted octanol–water partition coefficient (Wildman–Crippen LogP) is 16.4. The van der Waals surface area contributed by atoms with Gasteiger partial charge < -0.3 is 0 Å². The van der Waals surface area contributed by atoms with Crippen molar-refractivity contribution in [2.24, 2.45) is 0 Å². The van der Waals surface area contributed by atoms with Crippen molar-refractivity contribution < 1.29 is 8.83 Å². The molecule has 4 aliphatic heterocycles. The van der Waals surface area contributed by atoms with Gasteiger partial charge in [0.15, 0.2) is 0 Å². The molecule has 0 saturated carbocycles. The molecule has 0 radical (unpaired) electrons. The molecule has 0 bridgehead atoms. The van der Waals surface area contributed by atoms with E-state index in [4.69, 9.17) is 8.83 Å². The van der Waals surface area contributed by atoms with Gasteiger partial charge in [0.25, 0.3) is 0 Å². The van der Waals surface area contributed by atoms with Crippen LogP contribution in [0.25, 0.3) is 65.4 Å². The molecular formula is C80H47B2N3O2S2Se. The Bertz CT molecular complexity index is 5690. The van der Waals surface area contributed by atoms with Gasteiger partial charge in [0, 0.05) is 4.90 Å². The molecule has 10 heteroatoms. The molecule has 0 spiro atoms. The Morgan fingerprint density at radius 2 is 0.744 bits per heavy atom. The van der Waals surface area contributed by atoms with Crippen LogP contribution < -0.4 is 56.4 Å². The van der Waals surface area contributed by atoms with Gasteiger partial charge in [-0.2, -0.15) is 0 Å². The molecule has 0 atom stereocenters. The molecule has 4 aliphatic rings. The molecule has 5 nitrogen and oxygen atoms in total. The van der Waals surface area contributed by atoms with Gasteiger partial charge >= 0.3 is 479 Å². The van der Waals surface area contributed by atoms with Crippen LogP contribution in [0.4, 0.5) is 51.2 Å². The zero-order valence-electron chi connectivity index (χ0n) is 48.2. The van der Waals surface area contributed by atoms with Gasteiger partial charge in [-0.25, -0.2) is 0 Å². The first kappa shape index (κ1) is 50.9. The molecule has 0 N–H and O–H groups in total. The third-order valence-corrected chi connectivity index (χ3v) is 23.2. The minimum absolute atomic E-state index is 0.0828. The Labute approximate surface area is 534 Å². The zero-order valence-corrected chi connectivity index (χ0v) is 51.5. The van der Waals surface area contributed by atoms with Crippen LogP contribution in [0.2, 0.25) is 0 Å². The van der Waals surface area contributed by atoms with E-state index in [0.29, 0.717) is 0 Å². The first-order valence-corrected chi connectivity index (χ1v) is 33.9. The van der Waals surface area contributed by atoms with E-state index in [1.54, 1.807) is 23.5 Å². The van der Waals surface area contributed by atoms with Crippen LogP contribution in [0, 0.1) is 0 Å². The monoisotopic (exact) mass is 1250 g/mol. The van der Waals surface area contributed by atoms with Crippen molar-refractivity contribution in [1.29, 1.82) is 0 Å². The van der Waals surface area contributed by atoms with E-state index in [0.717, 1.165) is 100 Å². The average molecular weight is 1250 g/mol. The summed E-state index contributed by atoms with van der Waals surface area (Å²) >= 11 is 3.47. The second-order valence-electron chi connectivity index (χ2n) is 23.8. The molecule has 90 heavy (non-hydrogen) atoms. The van der Waals surface area contributed by atoms with E-state index in [1.807, 2.05) is 0 Å². The molecule has 6 heterocycles. The van der Waals surface area contributed by atoms with Crippen LogP contribution in [0.1, 0.15) is 0 Å². The molecule has 418 valence electrons. The first-order valence-electron chi connectivity index (χ1n) is 30.6. The van der Waals surface area contributed by atoms with E-state index >= 15 is 0 Å². The normalized spacial score (nSPS) is 13.5. The van der Waals surface area contributed by atoms with E-state index in [2.05, 4.69) is 300 Å². The minimum atomic E-state index is -0.146. The molecular weight excluding hydrogens is 1200 g/mol. The maximum absolute atomic E-state index is 7.45. The van der Waals surface area contributed by atoms with Crippen LogP contribution in [0.15, 0.2) is 314 Å². The van der Waals surface area contributed by atoms with Crippen LogP contribution >= 0.6 is 23.5 Å². The second kappa shape index (κ2) is 19.7. The number of benzene rings is 14. The number of furan rings is 2. The first-order chi connectivity index (χ1) is 44.6. The van der Waals surface area contributed by atoms with E-state index < -0.39 is 0 Å². The van der Waals surface area contributed by atoms with Gasteiger partial charge in [0.2, 0.25) is 0 Å². The van der Waals surface area contributed by atoms with Crippen molar-refractivity contribution in [2.75, 3.05) is 14.7 Å². The van der Waals surface area contributed by atoms with Crippen LogP contribution in [-0.4, -0.2) is 28.4 Å². The van der Waals surface area contributed by atoms with E-state index in [1.165, 1.54) is 77.7 Å². The molecule has 2 aromatic heterocycles. The van der Waals surface area contributed by atoms with Gasteiger partial charge in [-0.1, -0.05) is 36.0 Å². The summed E-state index contributed by atoms with van der Waals surface area (Å²) in [5.74, 6) is 0. The number of anilines is 9. The van der Waals surface area contributed by atoms with Crippen molar-refractivity contribution in [2.45, 2.75) is 19.6 Å². The molecule has 0 fully saturated rings. The fraction of sp³-hybridized carbons (Fsp3) is 0. The van der Waals surface area contributed by atoms with Gasteiger partial charge in [-0.15, -0.1) is 0 Å². The molecule has 14 aromatic carbocycles. The third-order valence-electron chi connectivity index (χ3n) is 18.8. The van der Waals surface area contributed by atoms with E-state index in [-0.39, 0.29) is 28.4 Å². The summed E-state index contributed by atoms with van der Waals surface area (Å²) in [5, 5.41) is 9.15. The summed E-state index contributed by atoms with van der Waals surface area (Å²) in [7, 11) is 0. The summed E-state index contributed by atoms with van der Waals surface area (Å²) in [6.07, 6.45) is 0.